The van der Waals surface area contributed by atoms with Crippen LogP contribution in [0.25, 0.3) is 0 Å². The number of aliphatic hydroxyl groups is 1. The highest BCUT2D eigenvalue weighted by atomic mass is 19.1. The normalized spacial score (nSPS) is 14.7. The van der Waals surface area contributed by atoms with Crippen LogP contribution < -0.4 is 4.74 Å². The highest BCUT2D eigenvalue weighted by Crippen LogP contribution is 2.34. The number of ether oxygens (including phenoxy) is 1. The van der Waals surface area contributed by atoms with Gasteiger partial charge in [-0.15, -0.1) is 0 Å². The van der Waals surface area contributed by atoms with Crippen LogP contribution in [0, 0.1) is 0 Å². The minimum Gasteiger partial charge on any atom is -0.496 e. The second-order valence-corrected chi connectivity index (χ2v) is 3.66. The molecule has 2 atom stereocenters. The molecular weight excluding hydrogens is 195 g/mol. The van der Waals surface area contributed by atoms with Gasteiger partial charge in [0.25, 0.3) is 0 Å². The van der Waals surface area contributed by atoms with Crippen molar-refractivity contribution in [1.82, 2.24) is 0 Å². The van der Waals surface area contributed by atoms with Crippen molar-refractivity contribution in [3.63, 3.8) is 0 Å². The SMILES string of the molecule is COc1cccc(C(C)CO)c1C(C)F. The van der Waals surface area contributed by atoms with Crippen molar-refractivity contribution >= 4 is 0 Å². The molecule has 0 aliphatic carbocycles. The number of benzene rings is 1. The molecule has 0 saturated heterocycles. The zero-order valence-electron chi connectivity index (χ0n) is 9.33. The second kappa shape index (κ2) is 5.12. The first kappa shape index (κ1) is 12.0. The van der Waals surface area contributed by atoms with E-state index in [-0.39, 0.29) is 12.5 Å². The summed E-state index contributed by atoms with van der Waals surface area (Å²) in [6, 6.07) is 5.38. The minimum atomic E-state index is -1.09. The van der Waals surface area contributed by atoms with Crippen molar-refractivity contribution in [1.29, 1.82) is 0 Å². The van der Waals surface area contributed by atoms with Crippen molar-refractivity contribution in [2.24, 2.45) is 0 Å². The number of halogens is 1. The van der Waals surface area contributed by atoms with Gasteiger partial charge in [-0.1, -0.05) is 19.1 Å². The summed E-state index contributed by atoms with van der Waals surface area (Å²) in [5.74, 6) is 0.469. The Morgan fingerprint density at radius 1 is 1.40 bits per heavy atom. The fraction of sp³-hybridized carbons (Fsp3) is 0.500. The van der Waals surface area contributed by atoms with E-state index in [1.807, 2.05) is 19.1 Å². The number of methoxy groups -OCH3 is 1. The van der Waals surface area contributed by atoms with Gasteiger partial charge in [-0.3, -0.25) is 0 Å². The molecule has 0 aliphatic rings. The Morgan fingerprint density at radius 2 is 2.07 bits per heavy atom. The molecule has 0 aromatic heterocycles. The molecule has 84 valence electrons. The third-order valence-corrected chi connectivity index (χ3v) is 2.52. The fourth-order valence-electron chi connectivity index (χ4n) is 1.69. The van der Waals surface area contributed by atoms with Gasteiger partial charge in [0, 0.05) is 18.1 Å². The number of hydrogen-bond donors (Lipinski definition) is 1. The summed E-state index contributed by atoms with van der Waals surface area (Å²) in [7, 11) is 1.52. The lowest BCUT2D eigenvalue weighted by Crippen LogP contribution is -2.06. The number of rotatable bonds is 4. The van der Waals surface area contributed by atoms with E-state index in [4.69, 9.17) is 9.84 Å². The molecule has 0 fully saturated rings. The third-order valence-electron chi connectivity index (χ3n) is 2.52. The molecule has 0 amide bonds. The Morgan fingerprint density at radius 3 is 2.53 bits per heavy atom. The standard InChI is InChI=1S/C12H17FO2/c1-8(7-14)10-5-4-6-11(15-3)12(10)9(2)13/h4-6,8-9,14H,7H2,1-3H3. The van der Waals surface area contributed by atoms with E-state index in [2.05, 4.69) is 0 Å². The smallest absolute Gasteiger partial charge is 0.126 e. The summed E-state index contributed by atoms with van der Waals surface area (Å²) >= 11 is 0. The van der Waals surface area contributed by atoms with Gasteiger partial charge >= 0.3 is 0 Å². The van der Waals surface area contributed by atoms with Crippen molar-refractivity contribution < 1.29 is 14.2 Å². The lowest BCUT2D eigenvalue weighted by Gasteiger charge is -2.18. The molecule has 0 bridgehead atoms. The van der Waals surface area contributed by atoms with E-state index in [1.165, 1.54) is 14.0 Å². The van der Waals surface area contributed by atoms with Crippen LogP contribution in [-0.4, -0.2) is 18.8 Å². The van der Waals surface area contributed by atoms with Crippen molar-refractivity contribution in [2.45, 2.75) is 25.9 Å². The minimum absolute atomic E-state index is 0.00683. The van der Waals surface area contributed by atoms with Gasteiger partial charge in [-0.2, -0.15) is 0 Å². The van der Waals surface area contributed by atoms with Gasteiger partial charge in [0.2, 0.25) is 0 Å². The summed E-state index contributed by atoms with van der Waals surface area (Å²) in [5.41, 5.74) is 1.36. The van der Waals surface area contributed by atoms with Crippen LogP contribution in [0.15, 0.2) is 18.2 Å². The third kappa shape index (κ3) is 2.48. The maximum absolute atomic E-state index is 13.5. The van der Waals surface area contributed by atoms with Gasteiger partial charge in [0.1, 0.15) is 11.9 Å². The lowest BCUT2D eigenvalue weighted by molar-refractivity contribution is 0.269. The van der Waals surface area contributed by atoms with Crippen LogP contribution in [0.4, 0.5) is 4.39 Å². The molecule has 2 unspecified atom stereocenters. The summed E-state index contributed by atoms with van der Waals surface area (Å²) < 4.78 is 18.6. The Hall–Kier alpha value is -1.09. The number of alkyl halides is 1. The average molecular weight is 212 g/mol. The molecule has 0 radical (unpaired) electrons. The number of aliphatic hydroxyl groups excluding tert-OH is 1. The lowest BCUT2D eigenvalue weighted by atomic mass is 9.93. The van der Waals surface area contributed by atoms with Gasteiger partial charge in [0.15, 0.2) is 0 Å². The predicted octanol–water partition coefficient (Wildman–Crippen LogP) is 2.82. The molecule has 0 saturated carbocycles. The summed E-state index contributed by atoms with van der Waals surface area (Å²) in [6.45, 7) is 3.35. The molecular formula is C12H17FO2. The Balaban J connectivity index is 3.25. The monoisotopic (exact) mass is 212 g/mol. The fourth-order valence-corrected chi connectivity index (χ4v) is 1.69. The summed E-state index contributed by atoms with van der Waals surface area (Å²) in [6.07, 6.45) is -1.09. The maximum atomic E-state index is 13.5. The average Bonchev–Trinajstić information content (AvgIpc) is 2.26. The van der Waals surface area contributed by atoms with E-state index < -0.39 is 6.17 Å². The van der Waals surface area contributed by atoms with Crippen LogP contribution in [0.3, 0.4) is 0 Å². The van der Waals surface area contributed by atoms with E-state index in [9.17, 15) is 4.39 Å². The largest absolute Gasteiger partial charge is 0.496 e. The molecule has 0 heterocycles. The summed E-state index contributed by atoms with van der Waals surface area (Å²) in [5, 5.41) is 9.09. The first-order valence-corrected chi connectivity index (χ1v) is 5.03. The molecule has 0 aliphatic heterocycles. The maximum Gasteiger partial charge on any atom is 0.126 e. The topological polar surface area (TPSA) is 29.5 Å². The first-order valence-electron chi connectivity index (χ1n) is 5.03. The molecule has 15 heavy (non-hydrogen) atoms. The molecule has 2 nitrogen and oxygen atoms in total. The van der Waals surface area contributed by atoms with Gasteiger partial charge in [0.05, 0.1) is 7.11 Å². The molecule has 1 aromatic carbocycles. The van der Waals surface area contributed by atoms with Crippen molar-refractivity contribution in [3.8, 4) is 5.75 Å². The quantitative estimate of drug-likeness (QED) is 0.831. The molecule has 1 rings (SSSR count). The Labute approximate surface area is 89.7 Å². The van der Waals surface area contributed by atoms with Crippen LogP contribution in [0.2, 0.25) is 0 Å². The molecule has 1 N–H and O–H groups in total. The van der Waals surface area contributed by atoms with Gasteiger partial charge in [-0.05, 0) is 18.6 Å². The Bertz CT molecular complexity index is 323. The van der Waals surface area contributed by atoms with E-state index in [0.29, 0.717) is 11.3 Å². The number of hydrogen-bond acceptors (Lipinski definition) is 2. The highest BCUT2D eigenvalue weighted by molar-refractivity contribution is 5.43. The van der Waals surface area contributed by atoms with Gasteiger partial charge < -0.3 is 9.84 Å². The van der Waals surface area contributed by atoms with E-state index >= 15 is 0 Å². The van der Waals surface area contributed by atoms with Crippen LogP contribution >= 0.6 is 0 Å². The predicted molar refractivity (Wildman–Crippen MR) is 58.0 cm³/mol. The van der Waals surface area contributed by atoms with Crippen LogP contribution in [0.1, 0.15) is 37.1 Å². The van der Waals surface area contributed by atoms with Crippen molar-refractivity contribution in [3.05, 3.63) is 29.3 Å². The summed E-state index contributed by atoms with van der Waals surface area (Å²) in [4.78, 5) is 0. The van der Waals surface area contributed by atoms with Crippen molar-refractivity contribution in [2.75, 3.05) is 13.7 Å². The van der Waals surface area contributed by atoms with Crippen LogP contribution in [-0.2, 0) is 0 Å². The second-order valence-electron chi connectivity index (χ2n) is 3.66. The molecule has 0 spiro atoms. The Kier molecular flexibility index (Phi) is 4.09. The highest BCUT2D eigenvalue weighted by Gasteiger charge is 2.18. The molecule has 1 aromatic rings. The zero-order chi connectivity index (χ0) is 11.4. The first-order chi connectivity index (χ1) is 7.11. The van der Waals surface area contributed by atoms with Crippen LogP contribution in [0.5, 0.6) is 5.75 Å². The van der Waals surface area contributed by atoms with E-state index in [0.717, 1.165) is 5.56 Å². The zero-order valence-corrected chi connectivity index (χ0v) is 9.33. The van der Waals surface area contributed by atoms with E-state index in [1.54, 1.807) is 6.07 Å². The molecule has 3 heteroatoms. The van der Waals surface area contributed by atoms with Gasteiger partial charge in [-0.25, -0.2) is 4.39 Å².